The summed E-state index contributed by atoms with van der Waals surface area (Å²) in [6, 6.07) is 5.49. The van der Waals surface area contributed by atoms with Crippen molar-refractivity contribution in [2.45, 2.75) is 26.2 Å². The summed E-state index contributed by atoms with van der Waals surface area (Å²) in [5, 5.41) is 7.15. The van der Waals surface area contributed by atoms with Crippen LogP contribution in [0.5, 0.6) is 0 Å². The van der Waals surface area contributed by atoms with Crippen LogP contribution in [-0.4, -0.2) is 16.0 Å². The highest BCUT2D eigenvalue weighted by molar-refractivity contribution is 7.80. The number of rotatable bonds is 4. The van der Waals surface area contributed by atoms with E-state index >= 15 is 0 Å². The molecule has 2 aromatic rings. The average Bonchev–Trinajstić information content (AvgIpc) is 2.77. The van der Waals surface area contributed by atoms with Crippen LogP contribution in [0.15, 0.2) is 18.2 Å². The van der Waals surface area contributed by atoms with Crippen LogP contribution in [0.4, 0.5) is 5.13 Å². The van der Waals surface area contributed by atoms with Crippen molar-refractivity contribution in [2.24, 2.45) is 0 Å². The number of carbonyl (C=O) groups excluding carboxylic acids is 1. The summed E-state index contributed by atoms with van der Waals surface area (Å²) in [5.41, 5.74) is 0.849. The number of hydrogen-bond acceptors (Lipinski definition) is 4. The maximum atomic E-state index is 11.5. The van der Waals surface area contributed by atoms with Crippen molar-refractivity contribution in [3.05, 3.63) is 23.2 Å². The molecule has 0 radical (unpaired) electrons. The van der Waals surface area contributed by atoms with Crippen LogP contribution in [0.25, 0.3) is 10.2 Å². The summed E-state index contributed by atoms with van der Waals surface area (Å²) >= 11 is 12.5. The summed E-state index contributed by atoms with van der Waals surface area (Å²) in [7, 11) is 0. The van der Waals surface area contributed by atoms with Crippen LogP contribution in [0, 0.1) is 0 Å². The lowest BCUT2D eigenvalue weighted by Gasteiger charge is -2.06. The molecule has 0 aliphatic heterocycles. The molecule has 0 fully saturated rings. The first-order valence-corrected chi connectivity index (χ1v) is 7.85. The SMILES string of the molecule is CCCCC(=O)NC(=S)Nc1nc2ccc(Cl)cc2s1. The minimum absolute atomic E-state index is 0.0755. The van der Waals surface area contributed by atoms with Gasteiger partial charge < -0.3 is 10.6 Å². The van der Waals surface area contributed by atoms with Gasteiger partial charge in [-0.05, 0) is 36.8 Å². The van der Waals surface area contributed by atoms with Crippen LogP contribution in [-0.2, 0) is 4.79 Å². The van der Waals surface area contributed by atoms with E-state index in [1.165, 1.54) is 11.3 Å². The van der Waals surface area contributed by atoms with Gasteiger partial charge in [0.25, 0.3) is 0 Å². The third-order valence-corrected chi connectivity index (χ3v) is 3.95. The number of unbranched alkanes of at least 4 members (excludes halogenated alkanes) is 1. The first kappa shape index (κ1) is 15.2. The fourth-order valence-corrected chi connectivity index (χ4v) is 3.03. The number of aromatic nitrogens is 1. The van der Waals surface area contributed by atoms with Crippen molar-refractivity contribution in [1.82, 2.24) is 10.3 Å². The van der Waals surface area contributed by atoms with Gasteiger partial charge in [0.05, 0.1) is 10.2 Å². The second-order valence-electron chi connectivity index (χ2n) is 4.24. The number of nitrogens with one attached hydrogen (secondary N) is 2. The number of nitrogens with zero attached hydrogens (tertiary/aromatic N) is 1. The highest BCUT2D eigenvalue weighted by Crippen LogP contribution is 2.28. The standard InChI is InChI=1S/C13H14ClN3OS2/c1-2-3-4-11(18)16-12(19)17-13-15-9-6-5-8(14)7-10(9)20-13/h5-7H,2-4H2,1H3,(H2,15,16,17,18,19). The van der Waals surface area contributed by atoms with Crippen molar-refractivity contribution < 1.29 is 4.79 Å². The molecule has 0 bridgehead atoms. The topological polar surface area (TPSA) is 54.0 Å². The van der Waals surface area contributed by atoms with E-state index < -0.39 is 0 Å². The third-order valence-electron chi connectivity index (χ3n) is 2.58. The lowest BCUT2D eigenvalue weighted by Crippen LogP contribution is -2.33. The zero-order valence-electron chi connectivity index (χ0n) is 10.9. The second kappa shape index (κ2) is 6.97. The monoisotopic (exact) mass is 327 g/mol. The van der Waals surface area contributed by atoms with E-state index in [0.717, 1.165) is 23.1 Å². The van der Waals surface area contributed by atoms with Crippen molar-refractivity contribution in [1.29, 1.82) is 0 Å². The van der Waals surface area contributed by atoms with Crippen LogP contribution >= 0.6 is 35.2 Å². The Hall–Kier alpha value is -1.24. The number of thiocarbonyl (C=S) groups is 1. The number of benzene rings is 1. The van der Waals surface area contributed by atoms with Gasteiger partial charge in [0, 0.05) is 11.4 Å². The normalized spacial score (nSPS) is 10.5. The lowest BCUT2D eigenvalue weighted by atomic mass is 10.2. The van der Waals surface area contributed by atoms with Crippen molar-refractivity contribution in [3.8, 4) is 0 Å². The van der Waals surface area contributed by atoms with E-state index in [2.05, 4.69) is 15.6 Å². The van der Waals surface area contributed by atoms with Gasteiger partial charge in [0.1, 0.15) is 0 Å². The summed E-state index contributed by atoms with van der Waals surface area (Å²) in [4.78, 5) is 15.9. The molecule has 1 heterocycles. The molecule has 1 aromatic heterocycles. The van der Waals surface area contributed by atoms with Gasteiger partial charge in [-0.2, -0.15) is 0 Å². The second-order valence-corrected chi connectivity index (χ2v) is 6.11. The van der Waals surface area contributed by atoms with Crippen molar-refractivity contribution >= 4 is 61.5 Å². The minimum Gasteiger partial charge on any atom is -0.308 e. The molecule has 20 heavy (non-hydrogen) atoms. The van der Waals surface area contributed by atoms with E-state index in [-0.39, 0.29) is 11.0 Å². The van der Waals surface area contributed by atoms with Gasteiger partial charge in [0.2, 0.25) is 5.91 Å². The van der Waals surface area contributed by atoms with Gasteiger partial charge in [-0.1, -0.05) is 36.3 Å². The maximum Gasteiger partial charge on any atom is 0.226 e. The number of thiazole rings is 1. The molecule has 1 aromatic carbocycles. The number of halogens is 1. The molecule has 0 unspecified atom stereocenters. The van der Waals surface area contributed by atoms with Gasteiger partial charge in [0.15, 0.2) is 10.2 Å². The molecule has 2 N–H and O–H groups in total. The molecular formula is C13H14ClN3OS2. The summed E-state index contributed by atoms with van der Waals surface area (Å²) in [6.07, 6.45) is 2.31. The molecule has 0 saturated carbocycles. The molecule has 4 nitrogen and oxygen atoms in total. The summed E-state index contributed by atoms with van der Waals surface area (Å²) in [5.74, 6) is -0.0755. The zero-order valence-corrected chi connectivity index (χ0v) is 13.3. The molecule has 0 aliphatic rings. The zero-order chi connectivity index (χ0) is 14.5. The van der Waals surface area contributed by atoms with Crippen molar-refractivity contribution in [2.75, 3.05) is 5.32 Å². The highest BCUT2D eigenvalue weighted by atomic mass is 35.5. The van der Waals surface area contributed by atoms with Crippen molar-refractivity contribution in [3.63, 3.8) is 0 Å². The molecule has 2 rings (SSSR count). The minimum atomic E-state index is -0.0755. The van der Waals surface area contributed by atoms with Crippen LogP contribution in [0.2, 0.25) is 5.02 Å². The first-order valence-electron chi connectivity index (χ1n) is 6.25. The van der Waals surface area contributed by atoms with Gasteiger partial charge in [-0.15, -0.1) is 0 Å². The fourth-order valence-electron chi connectivity index (χ4n) is 1.61. The highest BCUT2D eigenvalue weighted by Gasteiger charge is 2.08. The Labute approximate surface area is 131 Å². The number of carbonyl (C=O) groups is 1. The van der Waals surface area contributed by atoms with Crippen LogP contribution < -0.4 is 10.6 Å². The van der Waals surface area contributed by atoms with E-state index in [1.54, 1.807) is 6.07 Å². The van der Waals surface area contributed by atoms with E-state index in [9.17, 15) is 4.79 Å². The Balaban J connectivity index is 1.97. The predicted molar refractivity (Wildman–Crippen MR) is 88.5 cm³/mol. The molecule has 0 aliphatic carbocycles. The van der Waals surface area contributed by atoms with Gasteiger partial charge >= 0.3 is 0 Å². The Morgan fingerprint density at radius 1 is 1.50 bits per heavy atom. The molecular weight excluding hydrogens is 314 g/mol. The Morgan fingerprint density at radius 2 is 2.30 bits per heavy atom. The van der Waals surface area contributed by atoms with Gasteiger partial charge in [-0.25, -0.2) is 4.98 Å². The number of amides is 1. The largest absolute Gasteiger partial charge is 0.308 e. The summed E-state index contributed by atoms with van der Waals surface area (Å²) < 4.78 is 0.972. The molecule has 0 atom stereocenters. The smallest absolute Gasteiger partial charge is 0.226 e. The van der Waals surface area contributed by atoms with E-state index in [1.807, 2.05) is 19.1 Å². The molecule has 1 amide bonds. The average molecular weight is 328 g/mol. The predicted octanol–water partition coefficient (Wildman–Crippen LogP) is 3.95. The quantitative estimate of drug-likeness (QED) is 0.835. The molecule has 0 saturated heterocycles. The fraction of sp³-hybridized carbons (Fsp3) is 0.308. The lowest BCUT2D eigenvalue weighted by molar-refractivity contribution is -0.119. The molecule has 0 spiro atoms. The third kappa shape index (κ3) is 4.13. The summed E-state index contributed by atoms with van der Waals surface area (Å²) in [6.45, 7) is 2.04. The molecule has 7 heteroatoms. The Bertz CT molecular complexity index is 642. The first-order chi connectivity index (χ1) is 9.58. The van der Waals surface area contributed by atoms with Gasteiger partial charge in [-0.3, -0.25) is 4.79 Å². The van der Waals surface area contributed by atoms with Crippen LogP contribution in [0.1, 0.15) is 26.2 Å². The Morgan fingerprint density at radius 3 is 3.05 bits per heavy atom. The molecule has 106 valence electrons. The Kier molecular flexibility index (Phi) is 5.28. The number of anilines is 1. The van der Waals surface area contributed by atoms with E-state index in [4.69, 9.17) is 23.8 Å². The van der Waals surface area contributed by atoms with Crippen LogP contribution in [0.3, 0.4) is 0 Å². The maximum absolute atomic E-state index is 11.5. The number of fused-ring (bicyclic) bond motifs is 1. The van der Waals surface area contributed by atoms with E-state index in [0.29, 0.717) is 16.6 Å². The number of hydrogen-bond donors (Lipinski definition) is 2.